The number of nitrogens with one attached hydrogen (secondary N) is 1. The standard InChI is InChI=1S/C24H23Cl2NO3/c1-2-10-30-16-8-6-14(7-9-16)15-11-20-23(21(28)12-15)18(13-22(29)27-20)17-4-3-5-19(25)24(17)26/h3-9,15,18H,2,10-13H2,1H3,(H,27,29). The third-order valence-corrected chi connectivity index (χ3v) is 6.55. The lowest BCUT2D eigenvalue weighted by molar-refractivity contribution is -0.122. The Labute approximate surface area is 186 Å². The summed E-state index contributed by atoms with van der Waals surface area (Å²) >= 11 is 12.6. The monoisotopic (exact) mass is 443 g/mol. The van der Waals surface area contributed by atoms with Gasteiger partial charge in [-0.25, -0.2) is 0 Å². The largest absolute Gasteiger partial charge is 0.494 e. The number of ketones is 1. The van der Waals surface area contributed by atoms with Gasteiger partial charge in [-0.3, -0.25) is 9.59 Å². The molecular weight excluding hydrogens is 421 g/mol. The Bertz CT molecular complexity index is 1010. The number of rotatable bonds is 5. The van der Waals surface area contributed by atoms with Gasteiger partial charge in [0.15, 0.2) is 5.78 Å². The van der Waals surface area contributed by atoms with E-state index >= 15 is 0 Å². The number of ether oxygens (including phenoxy) is 1. The molecule has 1 aliphatic heterocycles. The Hall–Kier alpha value is -2.30. The smallest absolute Gasteiger partial charge is 0.225 e. The Kier molecular flexibility index (Phi) is 6.16. The molecule has 0 fully saturated rings. The molecule has 0 radical (unpaired) electrons. The Balaban J connectivity index is 1.63. The van der Waals surface area contributed by atoms with Crippen molar-refractivity contribution in [2.45, 2.75) is 44.4 Å². The highest BCUT2D eigenvalue weighted by molar-refractivity contribution is 6.42. The summed E-state index contributed by atoms with van der Waals surface area (Å²) in [5.41, 5.74) is 3.17. The number of benzene rings is 2. The summed E-state index contributed by atoms with van der Waals surface area (Å²) in [6, 6.07) is 13.2. The van der Waals surface area contributed by atoms with Crippen LogP contribution in [0.5, 0.6) is 5.75 Å². The van der Waals surface area contributed by atoms with Crippen LogP contribution in [0.25, 0.3) is 0 Å². The summed E-state index contributed by atoms with van der Waals surface area (Å²) in [5, 5.41) is 3.77. The number of allylic oxidation sites excluding steroid dienone is 2. The summed E-state index contributed by atoms with van der Waals surface area (Å²) in [4.78, 5) is 25.6. The summed E-state index contributed by atoms with van der Waals surface area (Å²) < 4.78 is 5.65. The van der Waals surface area contributed by atoms with Gasteiger partial charge >= 0.3 is 0 Å². The second kappa shape index (κ2) is 8.83. The lowest BCUT2D eigenvalue weighted by Crippen LogP contribution is -2.38. The molecule has 2 aromatic carbocycles. The average Bonchev–Trinajstić information content (AvgIpc) is 2.73. The quantitative estimate of drug-likeness (QED) is 0.636. The topological polar surface area (TPSA) is 55.4 Å². The molecule has 156 valence electrons. The van der Waals surface area contributed by atoms with Crippen molar-refractivity contribution in [1.82, 2.24) is 5.32 Å². The van der Waals surface area contributed by atoms with Gasteiger partial charge < -0.3 is 10.1 Å². The molecule has 1 N–H and O–H groups in total. The van der Waals surface area contributed by atoms with Crippen LogP contribution in [0.4, 0.5) is 0 Å². The van der Waals surface area contributed by atoms with E-state index in [0.29, 0.717) is 40.8 Å². The van der Waals surface area contributed by atoms with E-state index in [9.17, 15) is 9.59 Å². The fraction of sp³-hybridized carbons (Fsp3) is 0.333. The zero-order valence-electron chi connectivity index (χ0n) is 16.7. The van der Waals surface area contributed by atoms with Crippen LogP contribution in [0.1, 0.15) is 55.6 Å². The van der Waals surface area contributed by atoms with Crippen molar-refractivity contribution in [3.63, 3.8) is 0 Å². The average molecular weight is 444 g/mol. The number of hydrogen-bond acceptors (Lipinski definition) is 3. The zero-order valence-corrected chi connectivity index (χ0v) is 18.2. The summed E-state index contributed by atoms with van der Waals surface area (Å²) in [6.07, 6.45) is 2.15. The van der Waals surface area contributed by atoms with Crippen molar-refractivity contribution in [3.05, 3.63) is 74.9 Å². The van der Waals surface area contributed by atoms with Crippen molar-refractivity contribution in [3.8, 4) is 5.75 Å². The lowest BCUT2D eigenvalue weighted by Gasteiger charge is -2.34. The van der Waals surface area contributed by atoms with E-state index < -0.39 is 0 Å². The van der Waals surface area contributed by atoms with Gasteiger partial charge in [0, 0.05) is 30.0 Å². The third kappa shape index (κ3) is 4.12. The number of Topliss-reactive ketones (excluding diaryl/α,β-unsaturated/α-hetero) is 1. The maximum Gasteiger partial charge on any atom is 0.225 e. The molecule has 1 heterocycles. The van der Waals surface area contributed by atoms with E-state index in [1.165, 1.54) is 0 Å². The predicted octanol–water partition coefficient (Wildman–Crippen LogP) is 5.79. The van der Waals surface area contributed by atoms with Crippen LogP contribution in [-0.2, 0) is 9.59 Å². The SMILES string of the molecule is CCCOc1ccc(C2CC(=O)C3=C(C2)NC(=O)CC3c2cccc(Cl)c2Cl)cc1. The third-order valence-electron chi connectivity index (χ3n) is 5.72. The summed E-state index contributed by atoms with van der Waals surface area (Å²) in [7, 11) is 0. The van der Waals surface area contributed by atoms with Crippen molar-refractivity contribution < 1.29 is 14.3 Å². The van der Waals surface area contributed by atoms with E-state index in [1.807, 2.05) is 30.3 Å². The van der Waals surface area contributed by atoms with Gasteiger partial charge in [-0.2, -0.15) is 0 Å². The minimum atomic E-state index is -0.363. The number of hydrogen-bond donors (Lipinski definition) is 1. The van der Waals surface area contributed by atoms with E-state index in [-0.39, 0.29) is 29.9 Å². The first kappa shape index (κ1) is 21.0. The molecule has 4 rings (SSSR count). The van der Waals surface area contributed by atoms with Gasteiger partial charge in [-0.1, -0.05) is 54.4 Å². The molecule has 30 heavy (non-hydrogen) atoms. The van der Waals surface area contributed by atoms with Crippen LogP contribution < -0.4 is 10.1 Å². The minimum absolute atomic E-state index is 0.0189. The fourth-order valence-corrected chi connectivity index (χ4v) is 4.75. The van der Waals surface area contributed by atoms with Gasteiger partial charge in [0.05, 0.1) is 16.7 Å². The van der Waals surface area contributed by atoms with Gasteiger partial charge in [0.2, 0.25) is 5.91 Å². The highest BCUT2D eigenvalue weighted by atomic mass is 35.5. The Morgan fingerprint density at radius 1 is 1.03 bits per heavy atom. The zero-order chi connectivity index (χ0) is 21.3. The van der Waals surface area contributed by atoms with Gasteiger partial charge in [0.1, 0.15) is 5.75 Å². The molecule has 0 bridgehead atoms. The molecule has 4 nitrogen and oxygen atoms in total. The molecule has 1 aliphatic carbocycles. The predicted molar refractivity (Wildman–Crippen MR) is 118 cm³/mol. The van der Waals surface area contributed by atoms with Crippen molar-refractivity contribution >= 4 is 34.9 Å². The number of halogens is 2. The Morgan fingerprint density at radius 3 is 2.53 bits per heavy atom. The van der Waals surface area contributed by atoms with Crippen LogP contribution in [0, 0.1) is 0 Å². The van der Waals surface area contributed by atoms with Gasteiger partial charge in [0.25, 0.3) is 0 Å². The molecule has 0 saturated heterocycles. The van der Waals surface area contributed by atoms with Gasteiger partial charge in [-0.05, 0) is 48.1 Å². The summed E-state index contributed by atoms with van der Waals surface area (Å²) in [6.45, 7) is 2.74. The highest BCUT2D eigenvalue weighted by Crippen LogP contribution is 2.45. The van der Waals surface area contributed by atoms with Crippen molar-refractivity contribution in [1.29, 1.82) is 0 Å². The maximum atomic E-state index is 13.2. The van der Waals surface area contributed by atoms with E-state index in [0.717, 1.165) is 23.3 Å². The molecule has 6 heteroatoms. The normalized spacial score (nSPS) is 21.3. The molecule has 0 saturated carbocycles. The number of carbonyl (C=O) groups excluding carboxylic acids is 2. The maximum absolute atomic E-state index is 13.2. The van der Waals surface area contributed by atoms with Crippen LogP contribution in [0.2, 0.25) is 10.0 Å². The van der Waals surface area contributed by atoms with Crippen LogP contribution in [0.15, 0.2) is 53.7 Å². The molecule has 2 aliphatic rings. The molecule has 2 unspecified atom stereocenters. The first-order chi connectivity index (χ1) is 14.5. The molecular formula is C24H23Cl2NO3. The minimum Gasteiger partial charge on any atom is -0.494 e. The lowest BCUT2D eigenvalue weighted by atomic mass is 9.73. The Morgan fingerprint density at radius 2 is 1.80 bits per heavy atom. The molecule has 1 amide bonds. The molecule has 2 atom stereocenters. The van der Waals surface area contributed by atoms with E-state index in [2.05, 4.69) is 12.2 Å². The highest BCUT2D eigenvalue weighted by Gasteiger charge is 2.39. The first-order valence-electron chi connectivity index (χ1n) is 10.2. The van der Waals surface area contributed by atoms with Gasteiger partial charge in [-0.15, -0.1) is 0 Å². The molecule has 0 spiro atoms. The van der Waals surface area contributed by atoms with E-state index in [1.54, 1.807) is 12.1 Å². The van der Waals surface area contributed by atoms with Crippen molar-refractivity contribution in [2.75, 3.05) is 6.61 Å². The number of amides is 1. The van der Waals surface area contributed by atoms with E-state index in [4.69, 9.17) is 27.9 Å². The fourth-order valence-electron chi connectivity index (χ4n) is 4.31. The second-order valence-electron chi connectivity index (χ2n) is 7.79. The van der Waals surface area contributed by atoms with Crippen LogP contribution >= 0.6 is 23.2 Å². The number of carbonyl (C=O) groups is 2. The molecule has 0 aromatic heterocycles. The van der Waals surface area contributed by atoms with Crippen LogP contribution in [-0.4, -0.2) is 18.3 Å². The summed E-state index contributed by atoms with van der Waals surface area (Å²) in [5.74, 6) is 0.424. The first-order valence-corrected chi connectivity index (χ1v) is 11.0. The second-order valence-corrected chi connectivity index (χ2v) is 8.57. The van der Waals surface area contributed by atoms with Crippen LogP contribution in [0.3, 0.4) is 0 Å². The molecule has 2 aromatic rings. The van der Waals surface area contributed by atoms with Crippen molar-refractivity contribution in [2.24, 2.45) is 0 Å².